The van der Waals surface area contributed by atoms with Crippen molar-refractivity contribution in [1.82, 2.24) is 0 Å². The summed E-state index contributed by atoms with van der Waals surface area (Å²) in [5.41, 5.74) is 9.66. The molecule has 0 aliphatic rings. The number of rotatable bonds is 3. The Labute approximate surface area is 287 Å². The molecule has 0 fully saturated rings. The highest BCUT2D eigenvalue weighted by molar-refractivity contribution is 6.25. The van der Waals surface area contributed by atoms with E-state index in [2.05, 4.69) is 158 Å². The van der Waals surface area contributed by atoms with E-state index in [1.54, 1.807) is 6.26 Å². The zero-order valence-corrected chi connectivity index (χ0v) is 27.0. The van der Waals surface area contributed by atoms with Gasteiger partial charge in [0.1, 0.15) is 16.7 Å². The molecule has 0 radical (unpaired) electrons. The highest BCUT2D eigenvalue weighted by Crippen LogP contribution is 2.47. The smallest absolute Gasteiger partial charge is 0.143 e. The fourth-order valence-electron chi connectivity index (χ4n) is 8.21. The molecule has 0 saturated heterocycles. The van der Waals surface area contributed by atoms with Crippen molar-refractivity contribution in [2.75, 3.05) is 0 Å². The summed E-state index contributed by atoms with van der Waals surface area (Å²) in [4.78, 5) is 0. The largest absolute Gasteiger partial charge is 0.464 e. The minimum absolute atomic E-state index is 0.886. The van der Waals surface area contributed by atoms with Crippen molar-refractivity contribution in [3.05, 3.63) is 170 Å². The number of hydrogen-bond acceptors (Lipinski definition) is 2. The van der Waals surface area contributed by atoms with E-state index >= 15 is 0 Å². The van der Waals surface area contributed by atoms with Gasteiger partial charge in [-0.2, -0.15) is 0 Å². The second-order valence-corrected chi connectivity index (χ2v) is 13.2. The monoisotopic (exact) mass is 636 g/mol. The van der Waals surface area contributed by atoms with E-state index in [9.17, 15) is 0 Å². The topological polar surface area (TPSA) is 26.3 Å². The molecular formula is C48H28O2. The third-order valence-corrected chi connectivity index (χ3v) is 10.5. The molecule has 2 heteroatoms. The molecule has 11 aromatic rings. The van der Waals surface area contributed by atoms with Gasteiger partial charge in [-0.3, -0.25) is 0 Å². The summed E-state index contributed by atoms with van der Waals surface area (Å²) in [6.45, 7) is 0. The molecule has 2 nitrogen and oxygen atoms in total. The predicted molar refractivity (Wildman–Crippen MR) is 210 cm³/mol. The van der Waals surface area contributed by atoms with Gasteiger partial charge < -0.3 is 8.83 Å². The highest BCUT2D eigenvalue weighted by atomic mass is 16.3. The maximum absolute atomic E-state index is 6.96. The molecule has 11 rings (SSSR count). The van der Waals surface area contributed by atoms with Crippen molar-refractivity contribution in [2.24, 2.45) is 0 Å². The Kier molecular flexibility index (Phi) is 5.70. The van der Waals surface area contributed by atoms with Crippen molar-refractivity contribution in [3.8, 4) is 33.4 Å². The normalized spacial score (nSPS) is 12.0. The first-order valence-corrected chi connectivity index (χ1v) is 17.1. The molecule has 9 aromatic carbocycles. The van der Waals surface area contributed by atoms with E-state index in [4.69, 9.17) is 8.83 Å². The van der Waals surface area contributed by atoms with Crippen LogP contribution in [0.1, 0.15) is 0 Å². The molecule has 0 bridgehead atoms. The fourth-order valence-corrected chi connectivity index (χ4v) is 8.21. The minimum Gasteiger partial charge on any atom is -0.464 e. The number of furan rings is 2. The maximum atomic E-state index is 6.96. The van der Waals surface area contributed by atoms with Crippen LogP contribution in [0.25, 0.3) is 109 Å². The van der Waals surface area contributed by atoms with Gasteiger partial charge in [0.2, 0.25) is 0 Å². The first-order valence-electron chi connectivity index (χ1n) is 17.1. The average Bonchev–Trinajstić information content (AvgIpc) is 3.81. The fraction of sp³-hybridized carbons (Fsp3) is 0. The lowest BCUT2D eigenvalue weighted by Crippen LogP contribution is -1.90. The lowest BCUT2D eigenvalue weighted by Gasteiger charge is -2.17. The van der Waals surface area contributed by atoms with Gasteiger partial charge in [0.15, 0.2) is 0 Å². The molecule has 0 N–H and O–H groups in total. The van der Waals surface area contributed by atoms with Crippen LogP contribution in [0.15, 0.2) is 179 Å². The van der Waals surface area contributed by atoms with Crippen LogP contribution >= 0.6 is 0 Å². The van der Waals surface area contributed by atoms with Crippen molar-refractivity contribution in [2.45, 2.75) is 0 Å². The van der Waals surface area contributed by atoms with Crippen LogP contribution in [0.5, 0.6) is 0 Å². The highest BCUT2D eigenvalue weighted by Gasteiger charge is 2.20. The minimum atomic E-state index is 0.886. The van der Waals surface area contributed by atoms with Crippen molar-refractivity contribution in [3.63, 3.8) is 0 Å². The Morgan fingerprint density at radius 3 is 1.62 bits per heavy atom. The molecule has 0 aliphatic heterocycles. The van der Waals surface area contributed by atoms with E-state index in [0.29, 0.717) is 0 Å². The number of hydrogen-bond donors (Lipinski definition) is 0. The van der Waals surface area contributed by atoms with Crippen LogP contribution < -0.4 is 0 Å². The molecule has 0 amide bonds. The molecule has 0 spiro atoms. The Hall–Kier alpha value is -6.64. The Bertz CT molecular complexity index is 3100. The van der Waals surface area contributed by atoms with E-state index in [-0.39, 0.29) is 0 Å². The SMILES string of the molecule is c1ccc2cc(-c3cc4ccccc4c4c3oc3cc(-c5c6ccccc6c(-c6ccc7ccoc7c6)c6ccccc56)ccc34)ccc2c1. The third kappa shape index (κ3) is 3.96. The summed E-state index contributed by atoms with van der Waals surface area (Å²) in [5.74, 6) is 0. The van der Waals surface area contributed by atoms with E-state index in [0.717, 1.165) is 55.2 Å². The van der Waals surface area contributed by atoms with Crippen LogP contribution in [0.2, 0.25) is 0 Å². The van der Waals surface area contributed by atoms with Crippen LogP contribution in [0, 0.1) is 0 Å². The van der Waals surface area contributed by atoms with Crippen LogP contribution in [0.4, 0.5) is 0 Å². The molecule has 0 saturated carbocycles. The molecule has 2 aromatic heterocycles. The molecule has 232 valence electrons. The molecule has 2 heterocycles. The van der Waals surface area contributed by atoms with Crippen molar-refractivity contribution < 1.29 is 8.83 Å². The van der Waals surface area contributed by atoms with Gasteiger partial charge >= 0.3 is 0 Å². The van der Waals surface area contributed by atoms with Crippen molar-refractivity contribution >= 4 is 76.0 Å². The van der Waals surface area contributed by atoms with Gasteiger partial charge in [-0.05, 0) is 107 Å². The lowest BCUT2D eigenvalue weighted by molar-refractivity contribution is 0.616. The van der Waals surface area contributed by atoms with Gasteiger partial charge in [-0.25, -0.2) is 0 Å². The summed E-state index contributed by atoms with van der Waals surface area (Å²) in [6, 6.07) is 59.0. The lowest BCUT2D eigenvalue weighted by atomic mass is 9.85. The maximum Gasteiger partial charge on any atom is 0.143 e. The zero-order chi connectivity index (χ0) is 32.8. The summed E-state index contributed by atoms with van der Waals surface area (Å²) < 4.78 is 12.8. The van der Waals surface area contributed by atoms with E-state index in [1.807, 2.05) is 6.07 Å². The predicted octanol–water partition coefficient (Wildman–Crippen LogP) is 13.9. The van der Waals surface area contributed by atoms with Gasteiger partial charge in [0.05, 0.1) is 6.26 Å². The summed E-state index contributed by atoms with van der Waals surface area (Å²) in [5, 5.41) is 13.1. The summed E-state index contributed by atoms with van der Waals surface area (Å²) in [7, 11) is 0. The van der Waals surface area contributed by atoms with Gasteiger partial charge in [-0.15, -0.1) is 0 Å². The third-order valence-electron chi connectivity index (χ3n) is 10.5. The summed E-state index contributed by atoms with van der Waals surface area (Å²) >= 11 is 0. The van der Waals surface area contributed by atoms with Gasteiger partial charge in [0, 0.05) is 21.7 Å². The van der Waals surface area contributed by atoms with E-state index < -0.39 is 0 Å². The molecule has 0 unspecified atom stereocenters. The molecular weight excluding hydrogens is 609 g/mol. The van der Waals surface area contributed by atoms with Crippen LogP contribution in [-0.4, -0.2) is 0 Å². The molecule has 0 aliphatic carbocycles. The average molecular weight is 637 g/mol. The second-order valence-electron chi connectivity index (χ2n) is 13.2. The number of fused-ring (bicyclic) bond motifs is 9. The van der Waals surface area contributed by atoms with Crippen LogP contribution in [0.3, 0.4) is 0 Å². The van der Waals surface area contributed by atoms with Gasteiger partial charge in [-0.1, -0.05) is 127 Å². The van der Waals surface area contributed by atoms with E-state index in [1.165, 1.54) is 54.2 Å². The standard InChI is InChI=1S/C48H28O2/c1-2-10-31-25-33(19-17-29(31)9-1)42-26-32-11-3-4-12-36(32)47-41-22-21-35(28-44(41)50-48(42)47)46-39-15-7-5-13-37(39)45(38-14-6-8-16-40(38)46)34-20-18-30-23-24-49-43(30)27-34/h1-28H. The quantitative estimate of drug-likeness (QED) is 0.180. The first-order chi connectivity index (χ1) is 24.8. The van der Waals surface area contributed by atoms with Crippen molar-refractivity contribution in [1.29, 1.82) is 0 Å². The summed E-state index contributed by atoms with van der Waals surface area (Å²) in [6.07, 6.45) is 1.76. The molecule has 0 atom stereocenters. The zero-order valence-electron chi connectivity index (χ0n) is 27.0. The second kappa shape index (κ2) is 10.4. The Morgan fingerprint density at radius 2 is 0.900 bits per heavy atom. The van der Waals surface area contributed by atoms with Crippen LogP contribution in [-0.2, 0) is 0 Å². The molecule has 50 heavy (non-hydrogen) atoms. The first kappa shape index (κ1) is 27.3. The van der Waals surface area contributed by atoms with Gasteiger partial charge in [0.25, 0.3) is 0 Å². The number of benzene rings is 9. The Morgan fingerprint density at radius 1 is 0.340 bits per heavy atom. The Balaban J connectivity index is 1.19.